The zero-order valence-corrected chi connectivity index (χ0v) is 10.5. The Morgan fingerprint density at radius 1 is 1.41 bits per heavy atom. The lowest BCUT2D eigenvalue weighted by Crippen LogP contribution is -2.22. The van der Waals surface area contributed by atoms with Gasteiger partial charge in [0.25, 0.3) is 5.91 Å². The van der Waals surface area contributed by atoms with Gasteiger partial charge in [-0.25, -0.2) is 0 Å². The second kappa shape index (κ2) is 5.05. The lowest BCUT2D eigenvalue weighted by molar-refractivity contribution is 0.0946. The van der Waals surface area contributed by atoms with Gasteiger partial charge in [-0.1, -0.05) is 12.1 Å². The first-order valence-electron chi connectivity index (χ1n) is 5.05. The first-order chi connectivity index (χ1) is 8.15. The van der Waals surface area contributed by atoms with Gasteiger partial charge in [-0.3, -0.25) is 4.79 Å². The molecule has 1 amide bonds. The van der Waals surface area contributed by atoms with E-state index in [1.54, 1.807) is 30.5 Å². The first-order valence-corrected chi connectivity index (χ1v) is 5.84. The zero-order valence-electron chi connectivity index (χ0n) is 8.90. The maximum absolute atomic E-state index is 11.7. The quantitative estimate of drug-likeness (QED) is 0.814. The van der Waals surface area contributed by atoms with Crippen molar-refractivity contribution in [3.63, 3.8) is 0 Å². The number of H-pyrrole nitrogens is 1. The van der Waals surface area contributed by atoms with E-state index in [-0.39, 0.29) is 11.7 Å². The molecule has 0 spiro atoms. The number of benzene rings is 1. The number of carbonyl (C=O) groups excluding carboxylic acids is 1. The molecule has 17 heavy (non-hydrogen) atoms. The number of rotatable bonds is 3. The molecule has 1 aromatic heterocycles. The largest absolute Gasteiger partial charge is 0.508 e. The molecule has 1 heterocycles. The fourth-order valence-corrected chi connectivity index (χ4v) is 1.79. The average molecular weight is 295 g/mol. The van der Waals surface area contributed by atoms with E-state index in [9.17, 15) is 9.90 Å². The molecular weight excluding hydrogens is 284 g/mol. The summed E-state index contributed by atoms with van der Waals surface area (Å²) in [5, 5.41) is 12.0. The van der Waals surface area contributed by atoms with Crippen molar-refractivity contribution < 1.29 is 9.90 Å². The molecule has 0 atom stereocenters. The number of nitrogens with one attached hydrogen (secondary N) is 2. The summed E-state index contributed by atoms with van der Waals surface area (Å²) in [6, 6.07) is 8.49. The summed E-state index contributed by atoms with van der Waals surface area (Å²) in [5.74, 6) is 0.0124. The van der Waals surface area contributed by atoms with Crippen LogP contribution in [-0.4, -0.2) is 16.0 Å². The monoisotopic (exact) mass is 294 g/mol. The number of aromatic hydroxyl groups is 1. The van der Waals surface area contributed by atoms with Crippen molar-refractivity contribution >= 4 is 21.8 Å². The van der Waals surface area contributed by atoms with Gasteiger partial charge in [0.1, 0.15) is 11.4 Å². The number of phenols is 1. The normalized spacial score (nSPS) is 10.2. The number of amides is 1. The van der Waals surface area contributed by atoms with Gasteiger partial charge >= 0.3 is 0 Å². The SMILES string of the molecule is O=C(NCc1cccc(O)c1)c1cc(Br)c[nH]1. The summed E-state index contributed by atoms with van der Waals surface area (Å²) in [7, 11) is 0. The van der Waals surface area contributed by atoms with Crippen LogP contribution in [0.15, 0.2) is 41.0 Å². The molecule has 1 aromatic carbocycles. The number of hydrogen-bond acceptors (Lipinski definition) is 2. The molecule has 2 aromatic rings. The Balaban J connectivity index is 1.97. The zero-order chi connectivity index (χ0) is 12.3. The molecule has 88 valence electrons. The number of aromatic nitrogens is 1. The van der Waals surface area contributed by atoms with Gasteiger partial charge in [-0.15, -0.1) is 0 Å². The lowest BCUT2D eigenvalue weighted by Gasteiger charge is -2.04. The predicted octanol–water partition coefficient (Wildman–Crippen LogP) is 2.41. The van der Waals surface area contributed by atoms with Crippen molar-refractivity contribution in [3.05, 3.63) is 52.3 Å². The number of aromatic amines is 1. The van der Waals surface area contributed by atoms with Crippen molar-refractivity contribution in [2.24, 2.45) is 0 Å². The van der Waals surface area contributed by atoms with Crippen molar-refractivity contribution in [1.29, 1.82) is 0 Å². The Hall–Kier alpha value is -1.75. The molecule has 0 radical (unpaired) electrons. The van der Waals surface area contributed by atoms with Crippen molar-refractivity contribution in [2.75, 3.05) is 0 Å². The number of halogens is 1. The van der Waals surface area contributed by atoms with Crippen molar-refractivity contribution in [3.8, 4) is 5.75 Å². The third kappa shape index (κ3) is 3.10. The van der Waals surface area contributed by atoms with E-state index >= 15 is 0 Å². The smallest absolute Gasteiger partial charge is 0.267 e. The van der Waals surface area contributed by atoms with Crippen LogP contribution in [0.5, 0.6) is 5.75 Å². The molecule has 0 fully saturated rings. The van der Waals surface area contributed by atoms with E-state index in [0.717, 1.165) is 10.0 Å². The molecular formula is C12H11BrN2O2. The standard InChI is InChI=1S/C12H11BrN2O2/c13-9-5-11(14-7-9)12(17)15-6-8-2-1-3-10(16)4-8/h1-5,7,14,16H,6H2,(H,15,17). The summed E-state index contributed by atoms with van der Waals surface area (Å²) in [5.41, 5.74) is 1.35. The summed E-state index contributed by atoms with van der Waals surface area (Å²) in [6.07, 6.45) is 1.70. The molecule has 0 aliphatic carbocycles. The Bertz CT molecular complexity index is 537. The topological polar surface area (TPSA) is 65.1 Å². The molecule has 0 aliphatic heterocycles. The molecule has 0 unspecified atom stereocenters. The molecule has 5 heteroatoms. The van der Waals surface area contributed by atoms with E-state index in [4.69, 9.17) is 0 Å². The van der Waals surface area contributed by atoms with E-state index in [2.05, 4.69) is 26.2 Å². The van der Waals surface area contributed by atoms with Crippen LogP contribution < -0.4 is 5.32 Å². The minimum Gasteiger partial charge on any atom is -0.508 e. The second-order valence-corrected chi connectivity index (χ2v) is 4.50. The molecule has 0 saturated carbocycles. The highest BCUT2D eigenvalue weighted by Gasteiger charge is 2.07. The van der Waals surface area contributed by atoms with Crippen LogP contribution >= 0.6 is 15.9 Å². The first kappa shape index (κ1) is 11.7. The fraction of sp³-hybridized carbons (Fsp3) is 0.0833. The van der Waals surface area contributed by atoms with Gasteiger partial charge in [0, 0.05) is 17.2 Å². The van der Waals surface area contributed by atoms with Gasteiger partial charge in [0.2, 0.25) is 0 Å². The Kier molecular flexibility index (Phi) is 3.49. The lowest BCUT2D eigenvalue weighted by atomic mass is 10.2. The van der Waals surface area contributed by atoms with Crippen LogP contribution in [0.25, 0.3) is 0 Å². The maximum atomic E-state index is 11.7. The maximum Gasteiger partial charge on any atom is 0.267 e. The van der Waals surface area contributed by atoms with Crippen LogP contribution in [0.2, 0.25) is 0 Å². The number of phenolic OH excluding ortho intramolecular Hbond substituents is 1. The van der Waals surface area contributed by atoms with Crippen molar-refractivity contribution in [1.82, 2.24) is 10.3 Å². The molecule has 0 aliphatic rings. The van der Waals surface area contributed by atoms with Crippen LogP contribution in [-0.2, 0) is 6.54 Å². The molecule has 0 saturated heterocycles. The highest BCUT2D eigenvalue weighted by molar-refractivity contribution is 9.10. The van der Waals surface area contributed by atoms with E-state index in [0.29, 0.717) is 12.2 Å². The highest BCUT2D eigenvalue weighted by Crippen LogP contribution is 2.12. The van der Waals surface area contributed by atoms with Gasteiger partial charge in [0.15, 0.2) is 0 Å². The summed E-state index contributed by atoms with van der Waals surface area (Å²) in [6.45, 7) is 0.379. The van der Waals surface area contributed by atoms with Crippen LogP contribution in [0.3, 0.4) is 0 Å². The number of carbonyl (C=O) groups is 1. The Morgan fingerprint density at radius 3 is 2.88 bits per heavy atom. The molecule has 3 N–H and O–H groups in total. The molecule has 4 nitrogen and oxygen atoms in total. The van der Waals surface area contributed by atoms with Crippen LogP contribution in [0.1, 0.15) is 16.1 Å². The summed E-state index contributed by atoms with van der Waals surface area (Å²) >= 11 is 3.26. The van der Waals surface area contributed by atoms with Crippen molar-refractivity contribution in [2.45, 2.75) is 6.54 Å². The van der Waals surface area contributed by atoms with E-state index in [1.165, 1.54) is 0 Å². The predicted molar refractivity (Wildman–Crippen MR) is 67.8 cm³/mol. The highest BCUT2D eigenvalue weighted by atomic mass is 79.9. The fourth-order valence-electron chi connectivity index (χ4n) is 1.44. The summed E-state index contributed by atoms with van der Waals surface area (Å²) in [4.78, 5) is 14.5. The molecule has 2 rings (SSSR count). The minimum absolute atomic E-state index is 0.181. The molecule has 0 bridgehead atoms. The third-order valence-corrected chi connectivity index (χ3v) is 2.71. The second-order valence-electron chi connectivity index (χ2n) is 3.58. The van der Waals surface area contributed by atoms with E-state index < -0.39 is 0 Å². The van der Waals surface area contributed by atoms with E-state index in [1.807, 2.05) is 6.07 Å². The third-order valence-electron chi connectivity index (χ3n) is 2.26. The van der Waals surface area contributed by atoms with Crippen LogP contribution in [0.4, 0.5) is 0 Å². The number of hydrogen-bond donors (Lipinski definition) is 3. The Morgan fingerprint density at radius 2 is 2.24 bits per heavy atom. The van der Waals surface area contributed by atoms with Crippen LogP contribution in [0, 0.1) is 0 Å². The van der Waals surface area contributed by atoms with Gasteiger partial charge in [-0.2, -0.15) is 0 Å². The van der Waals surface area contributed by atoms with Gasteiger partial charge < -0.3 is 15.4 Å². The van der Waals surface area contributed by atoms with Gasteiger partial charge in [-0.05, 0) is 39.7 Å². The minimum atomic E-state index is -0.181. The summed E-state index contributed by atoms with van der Waals surface area (Å²) < 4.78 is 0.833. The Labute approximate surface area is 107 Å². The average Bonchev–Trinajstić information content (AvgIpc) is 2.73. The van der Waals surface area contributed by atoms with Gasteiger partial charge in [0.05, 0.1) is 0 Å².